The quantitative estimate of drug-likeness (QED) is 0.864. The molecule has 0 radical (unpaired) electrons. The molecule has 106 valence electrons. The van der Waals surface area contributed by atoms with Crippen LogP contribution in [0.5, 0.6) is 0 Å². The molecule has 1 aromatic heterocycles. The Hall–Kier alpha value is -0.580. The van der Waals surface area contributed by atoms with Gasteiger partial charge in [0.25, 0.3) is 5.91 Å². The lowest BCUT2D eigenvalue weighted by molar-refractivity contribution is 0.0758. The van der Waals surface area contributed by atoms with Crippen LogP contribution in [0.15, 0.2) is 10.8 Å². The lowest BCUT2D eigenvalue weighted by Crippen LogP contribution is -2.32. The second-order valence-electron chi connectivity index (χ2n) is 5.52. The molecule has 2 fully saturated rings. The van der Waals surface area contributed by atoms with Gasteiger partial charge in [0.05, 0.1) is 5.56 Å². The summed E-state index contributed by atoms with van der Waals surface area (Å²) in [6.45, 7) is 6.17. The molecule has 0 spiro atoms. The van der Waals surface area contributed by atoms with Gasteiger partial charge in [0.15, 0.2) is 0 Å². The minimum atomic E-state index is 0. The van der Waals surface area contributed by atoms with Crippen LogP contribution < -0.4 is 5.32 Å². The molecule has 0 bridgehead atoms. The fourth-order valence-electron chi connectivity index (χ4n) is 3.17. The number of amides is 1. The second kappa shape index (κ2) is 6.25. The fraction of sp³-hybridized carbons (Fsp3) is 0.643. The first-order valence-corrected chi connectivity index (χ1v) is 7.73. The van der Waals surface area contributed by atoms with Gasteiger partial charge in [-0.25, -0.2) is 0 Å². The average Bonchev–Trinajstić information content (AvgIpc) is 2.94. The summed E-state index contributed by atoms with van der Waals surface area (Å²) < 4.78 is 0. The Balaban J connectivity index is 0.00000133. The molecule has 0 aromatic carbocycles. The van der Waals surface area contributed by atoms with E-state index in [1.807, 2.05) is 12.3 Å². The molecule has 3 heterocycles. The van der Waals surface area contributed by atoms with Crippen molar-refractivity contribution >= 4 is 29.7 Å². The van der Waals surface area contributed by atoms with Gasteiger partial charge in [-0.1, -0.05) is 0 Å². The Bertz CT molecular complexity index is 434. The Morgan fingerprint density at radius 2 is 1.89 bits per heavy atom. The molecular weight excluding hydrogens is 280 g/mol. The molecule has 1 aromatic rings. The summed E-state index contributed by atoms with van der Waals surface area (Å²) in [7, 11) is 0. The number of likely N-dealkylation sites (tertiary alicyclic amines) is 1. The summed E-state index contributed by atoms with van der Waals surface area (Å²) in [6, 6.07) is 0. The molecular formula is C14H21ClN2OS. The molecule has 1 amide bonds. The Kier molecular flexibility index (Phi) is 4.87. The van der Waals surface area contributed by atoms with Gasteiger partial charge in [-0.15, -0.1) is 12.4 Å². The number of halogens is 1. The Morgan fingerprint density at radius 1 is 1.26 bits per heavy atom. The van der Waals surface area contributed by atoms with Gasteiger partial charge in [0, 0.05) is 18.5 Å². The summed E-state index contributed by atoms with van der Waals surface area (Å²) in [5.74, 6) is 1.81. The van der Waals surface area contributed by atoms with Crippen LogP contribution >= 0.6 is 23.7 Å². The zero-order valence-electron chi connectivity index (χ0n) is 11.2. The molecule has 5 heteroatoms. The van der Waals surface area contributed by atoms with Crippen LogP contribution in [0.25, 0.3) is 0 Å². The highest BCUT2D eigenvalue weighted by Crippen LogP contribution is 2.28. The third-order valence-electron chi connectivity index (χ3n) is 4.39. The molecule has 3 rings (SSSR count). The zero-order valence-corrected chi connectivity index (χ0v) is 12.9. The first-order chi connectivity index (χ1) is 8.75. The Morgan fingerprint density at radius 3 is 2.42 bits per heavy atom. The molecule has 19 heavy (non-hydrogen) atoms. The largest absolute Gasteiger partial charge is 0.339 e. The number of hydrogen-bond acceptors (Lipinski definition) is 3. The number of carbonyl (C=O) groups is 1. The van der Waals surface area contributed by atoms with Gasteiger partial charge in [-0.3, -0.25) is 4.79 Å². The van der Waals surface area contributed by atoms with Gasteiger partial charge in [0.2, 0.25) is 0 Å². The number of aryl methyl sites for hydroxylation is 1. The third-order valence-corrected chi connectivity index (χ3v) is 5.25. The van der Waals surface area contributed by atoms with Crippen LogP contribution in [0, 0.1) is 18.8 Å². The van der Waals surface area contributed by atoms with E-state index in [1.165, 1.54) is 0 Å². The molecule has 1 N–H and O–H groups in total. The highest BCUT2D eigenvalue weighted by atomic mass is 35.5. The maximum Gasteiger partial charge on any atom is 0.254 e. The first-order valence-electron chi connectivity index (χ1n) is 6.78. The average molecular weight is 301 g/mol. The lowest BCUT2D eigenvalue weighted by Gasteiger charge is -2.20. The van der Waals surface area contributed by atoms with E-state index in [1.54, 1.807) is 11.3 Å². The van der Waals surface area contributed by atoms with E-state index in [2.05, 4.69) is 15.6 Å². The van der Waals surface area contributed by atoms with Crippen LogP contribution in [-0.2, 0) is 0 Å². The van der Waals surface area contributed by atoms with E-state index in [0.29, 0.717) is 0 Å². The predicted octanol–water partition coefficient (Wildman–Crippen LogP) is 2.55. The standard InChI is InChI=1S/C14H20N2OS.ClH/c1-10-8-18-9-13(10)14(17)16-4-2-11-6-15-7-12(11)3-5-16;/h8-9,11-12,15H,2-7H2,1H3;1H/t11-,12+;. The molecule has 2 atom stereocenters. The van der Waals surface area contributed by atoms with Crippen LogP contribution in [-0.4, -0.2) is 37.0 Å². The minimum absolute atomic E-state index is 0. The van der Waals surface area contributed by atoms with Crippen molar-refractivity contribution in [3.8, 4) is 0 Å². The van der Waals surface area contributed by atoms with E-state index < -0.39 is 0 Å². The fourth-order valence-corrected chi connectivity index (χ4v) is 3.99. The molecule has 0 unspecified atom stereocenters. The summed E-state index contributed by atoms with van der Waals surface area (Å²) in [6.07, 6.45) is 2.32. The summed E-state index contributed by atoms with van der Waals surface area (Å²) in [5, 5.41) is 7.52. The SMILES string of the molecule is Cc1cscc1C(=O)N1CC[C@@H]2CNC[C@@H]2CC1.Cl. The number of rotatable bonds is 1. The monoisotopic (exact) mass is 300 g/mol. The van der Waals surface area contributed by atoms with Gasteiger partial charge >= 0.3 is 0 Å². The smallest absolute Gasteiger partial charge is 0.254 e. The number of carbonyl (C=O) groups excluding carboxylic acids is 1. The maximum atomic E-state index is 12.5. The topological polar surface area (TPSA) is 32.3 Å². The highest BCUT2D eigenvalue weighted by Gasteiger charge is 2.31. The predicted molar refractivity (Wildman–Crippen MR) is 81.3 cm³/mol. The number of hydrogen-bond donors (Lipinski definition) is 1. The van der Waals surface area contributed by atoms with Crippen LogP contribution in [0.3, 0.4) is 0 Å². The first kappa shape index (κ1) is 14.8. The van der Waals surface area contributed by atoms with Crippen molar-refractivity contribution in [1.29, 1.82) is 0 Å². The Labute approximate surface area is 124 Å². The highest BCUT2D eigenvalue weighted by molar-refractivity contribution is 7.08. The second-order valence-corrected chi connectivity index (χ2v) is 6.26. The van der Waals surface area contributed by atoms with E-state index >= 15 is 0 Å². The number of thiophene rings is 1. The van der Waals surface area contributed by atoms with Crippen molar-refractivity contribution in [2.24, 2.45) is 11.8 Å². The van der Waals surface area contributed by atoms with Crippen LogP contribution in [0.4, 0.5) is 0 Å². The van der Waals surface area contributed by atoms with E-state index in [4.69, 9.17) is 0 Å². The third kappa shape index (κ3) is 2.96. The molecule has 0 aliphatic carbocycles. The maximum absolute atomic E-state index is 12.5. The van der Waals surface area contributed by atoms with E-state index in [9.17, 15) is 4.79 Å². The van der Waals surface area contributed by atoms with Crippen LogP contribution in [0.1, 0.15) is 28.8 Å². The summed E-state index contributed by atoms with van der Waals surface area (Å²) in [5.41, 5.74) is 2.03. The molecule has 3 nitrogen and oxygen atoms in total. The molecule has 0 saturated carbocycles. The summed E-state index contributed by atoms with van der Waals surface area (Å²) >= 11 is 1.62. The van der Waals surface area contributed by atoms with Gasteiger partial charge in [-0.2, -0.15) is 11.3 Å². The molecule has 2 aliphatic heterocycles. The molecule has 2 saturated heterocycles. The van der Waals surface area contributed by atoms with E-state index in [0.717, 1.165) is 62.0 Å². The van der Waals surface area contributed by atoms with E-state index in [-0.39, 0.29) is 18.3 Å². The van der Waals surface area contributed by atoms with Crippen molar-refractivity contribution < 1.29 is 4.79 Å². The lowest BCUT2D eigenvalue weighted by atomic mass is 9.92. The van der Waals surface area contributed by atoms with Crippen molar-refractivity contribution in [1.82, 2.24) is 10.2 Å². The minimum Gasteiger partial charge on any atom is -0.339 e. The van der Waals surface area contributed by atoms with Gasteiger partial charge < -0.3 is 10.2 Å². The zero-order chi connectivity index (χ0) is 12.5. The van der Waals surface area contributed by atoms with Crippen molar-refractivity contribution in [2.75, 3.05) is 26.2 Å². The number of nitrogens with one attached hydrogen (secondary N) is 1. The van der Waals surface area contributed by atoms with Crippen molar-refractivity contribution in [3.05, 3.63) is 21.9 Å². The van der Waals surface area contributed by atoms with Crippen molar-refractivity contribution in [3.63, 3.8) is 0 Å². The number of fused-ring (bicyclic) bond motifs is 1. The number of nitrogens with zero attached hydrogens (tertiary/aromatic N) is 1. The van der Waals surface area contributed by atoms with Crippen LogP contribution in [0.2, 0.25) is 0 Å². The van der Waals surface area contributed by atoms with Gasteiger partial charge in [-0.05, 0) is 55.6 Å². The summed E-state index contributed by atoms with van der Waals surface area (Å²) in [4.78, 5) is 14.5. The normalized spacial score (nSPS) is 26.5. The molecule has 2 aliphatic rings. The van der Waals surface area contributed by atoms with Gasteiger partial charge in [0.1, 0.15) is 0 Å². The van der Waals surface area contributed by atoms with Crippen molar-refractivity contribution in [2.45, 2.75) is 19.8 Å².